The van der Waals surface area contributed by atoms with Crippen molar-refractivity contribution in [3.05, 3.63) is 248 Å². The van der Waals surface area contributed by atoms with Gasteiger partial charge in [-0.15, -0.1) is 0 Å². The fourth-order valence-corrected chi connectivity index (χ4v) is 7.97. The Morgan fingerprint density at radius 1 is 0.500 bits per heavy atom. The number of ether oxygens (including phenoxy) is 1. The molecule has 9 aromatic carbocycles. The molecule has 0 aliphatic heterocycles. The Kier molecular flexibility index (Phi) is 5.77. The number of nitrogens with zero attached hydrogens (tertiary/aromatic N) is 4. The van der Waals surface area contributed by atoms with Crippen molar-refractivity contribution in [2.45, 2.75) is 6.92 Å². The van der Waals surface area contributed by atoms with Crippen molar-refractivity contribution in [1.29, 1.82) is 0 Å². The normalized spacial score (nSPS) is 15.7. The number of pyridine rings is 1. The summed E-state index contributed by atoms with van der Waals surface area (Å²) < 4.78 is 194. The second-order valence-electron chi connectivity index (χ2n) is 15.1. The van der Waals surface area contributed by atoms with E-state index in [-0.39, 0.29) is 11.1 Å². The lowest BCUT2D eigenvalue weighted by atomic mass is 9.93. The first kappa shape index (κ1) is 23.2. The first-order chi connectivity index (χ1) is 41.0. The van der Waals surface area contributed by atoms with Crippen molar-refractivity contribution < 1.29 is 36.7 Å². The van der Waals surface area contributed by atoms with Gasteiger partial charge in [0.25, 0.3) is 6.33 Å². The van der Waals surface area contributed by atoms with Crippen LogP contribution < -0.4 is 9.30 Å². The predicted octanol–water partition coefficient (Wildman–Crippen LogP) is 15.0. The highest BCUT2D eigenvalue weighted by Crippen LogP contribution is 2.38. The average molecular weight is 867 g/mol. The van der Waals surface area contributed by atoms with E-state index in [0.717, 1.165) is 21.8 Å². The van der Waals surface area contributed by atoms with Crippen molar-refractivity contribution in [2.75, 3.05) is 0 Å². The van der Waals surface area contributed by atoms with E-state index in [4.69, 9.17) is 17.1 Å². The summed E-state index contributed by atoms with van der Waals surface area (Å²) in [6, 6.07) is 16.5. The van der Waals surface area contributed by atoms with E-state index in [1.807, 2.05) is 65.2 Å². The van der Waals surface area contributed by atoms with Gasteiger partial charge in [-0.3, -0.25) is 13.7 Å². The quantitative estimate of drug-likeness (QED) is 0.107. The molecule has 0 saturated heterocycles. The summed E-state index contributed by atoms with van der Waals surface area (Å²) in [5, 5.41) is 1.96. The molecule has 0 saturated carbocycles. The van der Waals surface area contributed by atoms with Crippen molar-refractivity contribution >= 4 is 32.8 Å². The molecule has 0 N–H and O–H groups in total. The first-order valence-corrected chi connectivity index (χ1v) is 20.7. The van der Waals surface area contributed by atoms with Crippen LogP contribution in [-0.2, 0) is 0 Å². The van der Waals surface area contributed by atoms with Crippen LogP contribution in [0.5, 0.6) is 11.5 Å². The molecule has 0 radical (unpaired) electrons. The van der Waals surface area contributed by atoms with Crippen LogP contribution in [-0.4, -0.2) is 14.1 Å². The summed E-state index contributed by atoms with van der Waals surface area (Å²) in [7, 11) is 0. The molecule has 5 nitrogen and oxygen atoms in total. The molecule has 12 rings (SSSR count). The van der Waals surface area contributed by atoms with E-state index in [2.05, 4.69) is 11.3 Å². The molecule has 0 spiro atoms. The van der Waals surface area contributed by atoms with Gasteiger partial charge in [0.2, 0.25) is 0 Å². The van der Waals surface area contributed by atoms with Crippen LogP contribution in [0.2, 0.25) is 0 Å². The molecule has 0 amide bonds. The van der Waals surface area contributed by atoms with Gasteiger partial charge in [0, 0.05) is 23.0 Å². The number of fused-ring (bicyclic) bond motifs is 4. The Morgan fingerprint density at radius 2 is 1.11 bits per heavy atom. The van der Waals surface area contributed by atoms with Gasteiger partial charge >= 0.3 is 0 Å². The summed E-state index contributed by atoms with van der Waals surface area (Å²) in [5.41, 5.74) is -2.87. The average Bonchev–Trinajstić information content (AvgIpc) is 1.04. The van der Waals surface area contributed by atoms with E-state index in [9.17, 15) is 15.1 Å². The lowest BCUT2D eigenvalue weighted by Crippen LogP contribution is -2.31. The van der Waals surface area contributed by atoms with Gasteiger partial charge in [-0.2, -0.15) is 0 Å². The zero-order chi connectivity index (χ0) is 61.4. The molecule has 0 aliphatic carbocycles. The predicted molar refractivity (Wildman–Crippen MR) is 269 cm³/mol. The number of imidazole rings is 1. The van der Waals surface area contributed by atoms with E-state index in [1.54, 1.807) is 59.3 Å². The molecule has 5 heteroatoms. The van der Waals surface area contributed by atoms with E-state index >= 15 is 0 Å². The van der Waals surface area contributed by atoms with Crippen molar-refractivity contribution in [2.24, 2.45) is 0 Å². The van der Waals surface area contributed by atoms with Gasteiger partial charge in [-0.1, -0.05) is 181 Å². The van der Waals surface area contributed by atoms with Gasteiger partial charge < -0.3 is 4.74 Å². The van der Waals surface area contributed by atoms with Gasteiger partial charge in [0.05, 0.1) is 60.9 Å². The molecule has 0 aliphatic rings. The third kappa shape index (κ3) is 7.00. The van der Waals surface area contributed by atoms with E-state index in [1.165, 1.54) is 11.5 Å². The lowest BCUT2D eigenvalue weighted by molar-refractivity contribution is -0.571. The molecule has 0 unspecified atom stereocenters. The van der Waals surface area contributed by atoms with Gasteiger partial charge in [0.15, 0.2) is 0 Å². The Balaban J connectivity index is 1.13. The first-order valence-electron chi connectivity index (χ1n) is 30.7. The van der Waals surface area contributed by atoms with Crippen LogP contribution in [0.3, 0.4) is 0 Å². The standard InChI is InChI=1S/C61H42N4O/c1-42-24-26-44(27-25-42)46-30-34-48(35-31-46)53-19-12-18-52(47-32-28-45(29-33-47)43-13-3-2-4-14-43)61(53)64-41-63(57-21-7-8-22-58(57)64)49-15-11-16-50(39-49)66-51-36-37-55-54-17-5-6-20-56(54)65(59(55)40-51)60-23-9-10-38-62-60/h2-40H,1H3/i2D,3D,4D,12D,13D,14D,18D,19D,24D,25D,26D,27D,28D,29D,30D,31D,32D,33D,34D,35D. The number of rotatable bonds is 9. The van der Waals surface area contributed by atoms with Gasteiger partial charge in [0.1, 0.15) is 17.3 Å². The van der Waals surface area contributed by atoms with Crippen LogP contribution >= 0.6 is 0 Å². The zero-order valence-corrected chi connectivity index (χ0v) is 34.7. The number of hydrogen-bond donors (Lipinski definition) is 0. The zero-order valence-electron chi connectivity index (χ0n) is 54.7. The summed E-state index contributed by atoms with van der Waals surface area (Å²) in [6.07, 6.45) is 4.97. The molecule has 12 aromatic rings. The Hall–Kier alpha value is -8.80. The van der Waals surface area contributed by atoms with Crippen LogP contribution in [0.1, 0.15) is 33.0 Å². The van der Waals surface area contributed by atoms with E-state index in [0.29, 0.717) is 28.5 Å². The second kappa shape index (κ2) is 16.4. The highest BCUT2D eigenvalue weighted by Gasteiger charge is 2.21. The van der Waals surface area contributed by atoms with Crippen molar-refractivity contribution in [3.63, 3.8) is 0 Å². The SMILES string of the molecule is [2H]c1c([2H])c([2H])c(-c2c([2H])c([2H])c(-c3c([2H])c([2H])c([2H])c(-c4c([2H])c([2H])c(-c5c([2H])c([2H])c(C)c([2H])c5[2H])c([2H])c4[2H])c3-[n+]3[c-]n(-c4cccc(Oc5ccc6c7ccccc7n(-c7ccccn7)c6c5)c4)c4ccccc43)c([2H])c2[2H])c([2H])c1[2H]. The van der Waals surface area contributed by atoms with Gasteiger partial charge in [-0.25, -0.2) is 4.98 Å². The Labute approximate surface area is 411 Å². The summed E-state index contributed by atoms with van der Waals surface area (Å²) in [6.45, 7) is 1.36. The maximum absolute atomic E-state index is 9.70. The minimum Gasteiger partial charge on any atom is -0.458 e. The third-order valence-electron chi connectivity index (χ3n) is 11.0. The summed E-state index contributed by atoms with van der Waals surface area (Å²) in [5.74, 6) is 1.51. The third-order valence-corrected chi connectivity index (χ3v) is 11.0. The monoisotopic (exact) mass is 866 g/mol. The summed E-state index contributed by atoms with van der Waals surface area (Å²) in [4.78, 5) is 4.64. The van der Waals surface area contributed by atoms with Gasteiger partial charge in [-0.05, 0) is 100.0 Å². The van der Waals surface area contributed by atoms with E-state index < -0.39 is 171 Å². The minimum absolute atomic E-state index is 0.0356. The van der Waals surface area contributed by atoms with Crippen LogP contribution in [0.15, 0.2) is 236 Å². The molecule has 312 valence electrons. The Bertz CT molecular complexity index is 4670. The Morgan fingerprint density at radius 3 is 1.82 bits per heavy atom. The minimum atomic E-state index is -0.934. The molecular formula is C61H42N4O. The molecule has 0 atom stereocenters. The van der Waals surface area contributed by atoms with Crippen LogP contribution in [0.4, 0.5) is 0 Å². The number of benzene rings is 9. The topological polar surface area (TPSA) is 35.9 Å². The fraction of sp³-hybridized carbons (Fsp3) is 0.0164. The maximum atomic E-state index is 9.70. The van der Waals surface area contributed by atoms with Crippen molar-refractivity contribution in [1.82, 2.24) is 14.1 Å². The number of aromatic nitrogens is 4. The highest BCUT2D eigenvalue weighted by atomic mass is 16.5. The summed E-state index contributed by atoms with van der Waals surface area (Å²) >= 11 is 0. The maximum Gasteiger partial charge on any atom is 0.269 e. The molecular weight excluding hydrogens is 805 g/mol. The number of para-hydroxylation sites is 4. The van der Waals surface area contributed by atoms with Crippen molar-refractivity contribution in [3.8, 4) is 73.2 Å². The molecule has 0 fully saturated rings. The fourth-order valence-electron chi connectivity index (χ4n) is 7.97. The second-order valence-corrected chi connectivity index (χ2v) is 15.1. The smallest absolute Gasteiger partial charge is 0.269 e. The van der Waals surface area contributed by atoms with Crippen LogP contribution in [0.25, 0.3) is 94.5 Å². The molecule has 0 bridgehead atoms. The highest BCUT2D eigenvalue weighted by molar-refractivity contribution is 6.09. The lowest BCUT2D eigenvalue weighted by Gasteiger charge is -2.18. The molecule has 3 aromatic heterocycles. The molecule has 3 heterocycles. The number of hydrogen-bond acceptors (Lipinski definition) is 2. The largest absolute Gasteiger partial charge is 0.458 e. The molecule has 66 heavy (non-hydrogen) atoms. The van der Waals surface area contributed by atoms with Crippen LogP contribution in [0, 0.1) is 13.3 Å².